The number of hydrogen-bond acceptors (Lipinski definition) is 2. The number of nitrogens with zero attached hydrogens (tertiary/aromatic N) is 1. The molecule has 2 rings (SSSR count). The summed E-state index contributed by atoms with van der Waals surface area (Å²) in [6.45, 7) is 3.83. The summed E-state index contributed by atoms with van der Waals surface area (Å²) in [5.74, 6) is 0.241. The highest BCUT2D eigenvalue weighted by molar-refractivity contribution is 9.10. The molecule has 98 valence electrons. The Morgan fingerprint density at radius 2 is 2.00 bits per heavy atom. The lowest BCUT2D eigenvalue weighted by Crippen LogP contribution is -2.32. The molecule has 1 aliphatic carbocycles. The smallest absolute Gasteiger partial charge is 0.176 e. The number of benzene rings is 1. The van der Waals surface area contributed by atoms with Crippen molar-refractivity contribution in [1.29, 1.82) is 0 Å². The van der Waals surface area contributed by atoms with Gasteiger partial charge < -0.3 is 0 Å². The van der Waals surface area contributed by atoms with E-state index >= 15 is 0 Å². The molecule has 0 radical (unpaired) electrons. The van der Waals surface area contributed by atoms with Gasteiger partial charge in [0.1, 0.15) is 0 Å². The van der Waals surface area contributed by atoms with Crippen LogP contribution in [0, 0.1) is 0 Å². The van der Waals surface area contributed by atoms with E-state index in [0.29, 0.717) is 12.6 Å². The van der Waals surface area contributed by atoms with Crippen molar-refractivity contribution in [3.05, 3.63) is 34.3 Å². The van der Waals surface area contributed by atoms with E-state index in [-0.39, 0.29) is 5.78 Å². The summed E-state index contributed by atoms with van der Waals surface area (Å²) < 4.78 is 1.02. The van der Waals surface area contributed by atoms with E-state index in [1.165, 1.54) is 25.7 Å². The number of Topliss-reactive ketones (excluding diaryl/α,β-unsaturated/α-hetero) is 1. The quantitative estimate of drug-likeness (QED) is 0.712. The molecule has 0 unspecified atom stereocenters. The molecule has 0 aromatic heterocycles. The highest BCUT2D eigenvalue weighted by Gasteiger charge is 2.29. The normalized spacial score (nSPS) is 15.1. The number of unbranched alkanes of at least 4 members (excludes halogenated alkanes) is 1. The molecule has 0 atom stereocenters. The number of halogens is 1. The van der Waals surface area contributed by atoms with Crippen molar-refractivity contribution in [1.82, 2.24) is 4.90 Å². The number of hydrogen-bond donors (Lipinski definition) is 0. The number of ketones is 1. The van der Waals surface area contributed by atoms with Crippen LogP contribution in [0.15, 0.2) is 28.7 Å². The molecule has 0 spiro atoms. The fourth-order valence-corrected chi connectivity index (χ4v) is 2.37. The largest absolute Gasteiger partial charge is 0.293 e. The van der Waals surface area contributed by atoms with Crippen LogP contribution >= 0.6 is 15.9 Å². The van der Waals surface area contributed by atoms with E-state index < -0.39 is 0 Å². The Bertz CT molecular complexity index is 397. The molecule has 18 heavy (non-hydrogen) atoms. The molecule has 0 amide bonds. The van der Waals surface area contributed by atoms with Crippen LogP contribution in [-0.4, -0.2) is 29.8 Å². The minimum Gasteiger partial charge on any atom is -0.293 e. The molecule has 1 fully saturated rings. The first-order chi connectivity index (χ1) is 8.70. The molecule has 1 aromatic carbocycles. The second-order valence-corrected chi connectivity index (χ2v) is 5.90. The molecule has 0 N–H and O–H groups in total. The Labute approximate surface area is 117 Å². The van der Waals surface area contributed by atoms with Gasteiger partial charge in [0.15, 0.2) is 5.78 Å². The monoisotopic (exact) mass is 309 g/mol. The van der Waals surface area contributed by atoms with Gasteiger partial charge in [-0.15, -0.1) is 0 Å². The molecular formula is C15H20BrNO. The molecule has 0 heterocycles. The maximum atomic E-state index is 12.2. The van der Waals surface area contributed by atoms with Gasteiger partial charge in [0, 0.05) is 16.1 Å². The lowest BCUT2D eigenvalue weighted by molar-refractivity contribution is 0.0923. The second-order valence-electron chi connectivity index (χ2n) is 4.99. The molecule has 0 saturated heterocycles. The average Bonchev–Trinajstić information content (AvgIpc) is 3.19. The lowest BCUT2D eigenvalue weighted by atomic mass is 10.1. The first-order valence-electron chi connectivity index (χ1n) is 6.73. The Kier molecular flexibility index (Phi) is 4.95. The molecule has 0 bridgehead atoms. The first kappa shape index (κ1) is 13.8. The van der Waals surface area contributed by atoms with Gasteiger partial charge in [0.25, 0.3) is 0 Å². The molecular weight excluding hydrogens is 290 g/mol. The van der Waals surface area contributed by atoms with E-state index in [9.17, 15) is 4.79 Å². The van der Waals surface area contributed by atoms with Gasteiger partial charge in [0.05, 0.1) is 6.54 Å². The maximum absolute atomic E-state index is 12.2. The van der Waals surface area contributed by atoms with Crippen LogP contribution in [0.4, 0.5) is 0 Å². The Morgan fingerprint density at radius 3 is 2.56 bits per heavy atom. The molecule has 1 aromatic rings. The van der Waals surface area contributed by atoms with Crippen molar-refractivity contribution in [2.45, 2.75) is 38.6 Å². The lowest BCUT2D eigenvalue weighted by Gasteiger charge is -2.20. The van der Waals surface area contributed by atoms with Gasteiger partial charge in [-0.1, -0.05) is 41.4 Å². The van der Waals surface area contributed by atoms with E-state index in [0.717, 1.165) is 16.6 Å². The number of carbonyl (C=O) groups excluding carboxylic acids is 1. The van der Waals surface area contributed by atoms with Crippen LogP contribution in [-0.2, 0) is 0 Å². The summed E-state index contributed by atoms with van der Waals surface area (Å²) in [7, 11) is 0. The predicted octanol–water partition coefficient (Wildman–Crippen LogP) is 3.90. The van der Waals surface area contributed by atoms with Crippen LogP contribution in [0.1, 0.15) is 43.0 Å². The zero-order valence-electron chi connectivity index (χ0n) is 10.9. The van der Waals surface area contributed by atoms with E-state index in [1.54, 1.807) is 0 Å². The van der Waals surface area contributed by atoms with E-state index in [1.807, 2.05) is 24.3 Å². The van der Waals surface area contributed by atoms with Gasteiger partial charge >= 0.3 is 0 Å². The molecule has 2 nitrogen and oxygen atoms in total. The fourth-order valence-electron chi connectivity index (χ4n) is 2.10. The van der Waals surface area contributed by atoms with Crippen molar-refractivity contribution in [3.63, 3.8) is 0 Å². The number of rotatable bonds is 7. The van der Waals surface area contributed by atoms with Gasteiger partial charge in [-0.2, -0.15) is 0 Å². The maximum Gasteiger partial charge on any atom is 0.176 e. The van der Waals surface area contributed by atoms with Crippen LogP contribution in [0.25, 0.3) is 0 Å². The molecule has 1 aliphatic rings. The molecule has 0 aliphatic heterocycles. The Balaban J connectivity index is 1.93. The fraction of sp³-hybridized carbons (Fsp3) is 0.533. The zero-order valence-corrected chi connectivity index (χ0v) is 12.4. The second kappa shape index (κ2) is 6.48. The van der Waals surface area contributed by atoms with E-state index in [4.69, 9.17) is 0 Å². The van der Waals surface area contributed by atoms with E-state index in [2.05, 4.69) is 27.8 Å². The average molecular weight is 310 g/mol. The van der Waals surface area contributed by atoms with Crippen molar-refractivity contribution >= 4 is 21.7 Å². The predicted molar refractivity (Wildman–Crippen MR) is 78.0 cm³/mol. The first-order valence-corrected chi connectivity index (χ1v) is 7.53. The molecule has 3 heteroatoms. The minimum atomic E-state index is 0.241. The van der Waals surface area contributed by atoms with Gasteiger partial charge in [0.2, 0.25) is 0 Å². The summed E-state index contributed by atoms with van der Waals surface area (Å²) in [5, 5.41) is 0. The van der Waals surface area contributed by atoms with Gasteiger partial charge in [-0.3, -0.25) is 9.69 Å². The minimum absolute atomic E-state index is 0.241. The third-order valence-electron chi connectivity index (χ3n) is 3.38. The van der Waals surface area contributed by atoms with Crippen LogP contribution in [0.2, 0.25) is 0 Å². The highest BCUT2D eigenvalue weighted by atomic mass is 79.9. The van der Waals surface area contributed by atoms with Gasteiger partial charge in [-0.25, -0.2) is 0 Å². The van der Waals surface area contributed by atoms with Crippen LogP contribution in [0.5, 0.6) is 0 Å². The number of carbonyl (C=O) groups is 1. The third-order valence-corrected chi connectivity index (χ3v) is 3.90. The molecule has 1 saturated carbocycles. The summed E-state index contributed by atoms with van der Waals surface area (Å²) in [6, 6.07) is 8.33. The summed E-state index contributed by atoms with van der Waals surface area (Å²) in [6.07, 6.45) is 4.90. The summed E-state index contributed by atoms with van der Waals surface area (Å²) in [4.78, 5) is 14.6. The zero-order chi connectivity index (χ0) is 13.0. The Morgan fingerprint density at radius 1 is 1.33 bits per heavy atom. The van der Waals surface area contributed by atoms with Crippen molar-refractivity contribution in [2.24, 2.45) is 0 Å². The summed E-state index contributed by atoms with van der Waals surface area (Å²) >= 11 is 3.39. The topological polar surface area (TPSA) is 20.3 Å². The SMILES string of the molecule is CCCCN(CC(=O)c1ccc(Br)cc1)C1CC1. The summed E-state index contributed by atoms with van der Waals surface area (Å²) in [5.41, 5.74) is 0.820. The van der Waals surface area contributed by atoms with Crippen LogP contribution in [0.3, 0.4) is 0 Å². The van der Waals surface area contributed by atoms with Crippen LogP contribution < -0.4 is 0 Å². The highest BCUT2D eigenvalue weighted by Crippen LogP contribution is 2.27. The van der Waals surface area contributed by atoms with Crippen molar-refractivity contribution in [2.75, 3.05) is 13.1 Å². The Hall–Kier alpha value is -0.670. The third kappa shape index (κ3) is 3.92. The standard InChI is InChI=1S/C15H20BrNO/c1-2-3-10-17(14-8-9-14)11-15(18)12-4-6-13(16)7-5-12/h4-7,14H,2-3,8-11H2,1H3. The van der Waals surface area contributed by atoms with Gasteiger partial charge in [-0.05, 0) is 37.9 Å². The van der Waals surface area contributed by atoms with Crippen molar-refractivity contribution in [3.8, 4) is 0 Å². The van der Waals surface area contributed by atoms with Crippen molar-refractivity contribution < 1.29 is 4.79 Å².